The number of benzene rings is 3. The lowest BCUT2D eigenvalue weighted by atomic mass is 9.98. The zero-order valence-electron chi connectivity index (χ0n) is 22.8. The van der Waals surface area contributed by atoms with Crippen LogP contribution in [0.25, 0.3) is 10.9 Å². The van der Waals surface area contributed by atoms with Gasteiger partial charge in [0, 0.05) is 41.0 Å². The second kappa shape index (κ2) is 12.9. The molecule has 3 N–H and O–H groups in total. The largest absolute Gasteiger partial charge is 0.494 e. The van der Waals surface area contributed by atoms with E-state index in [0.29, 0.717) is 29.9 Å². The smallest absolute Gasteiger partial charge is 0.303 e. The average Bonchev–Trinajstić information content (AvgIpc) is 3.23. The topological polar surface area (TPSA) is 109 Å². The van der Waals surface area contributed by atoms with E-state index in [9.17, 15) is 14.7 Å². The highest BCUT2D eigenvalue weighted by Gasteiger charge is 2.19. The number of amides is 1. The third-order valence-electron chi connectivity index (χ3n) is 6.60. The lowest BCUT2D eigenvalue weighted by Gasteiger charge is -2.22. The second-order valence-corrected chi connectivity index (χ2v) is 10.8. The summed E-state index contributed by atoms with van der Waals surface area (Å²) in [6.45, 7) is 3.07. The molecule has 1 aromatic heterocycles. The first-order valence-corrected chi connectivity index (χ1v) is 13.8. The predicted octanol–water partition coefficient (Wildman–Crippen LogP) is 6.13. The number of aromatic nitrogens is 1. The summed E-state index contributed by atoms with van der Waals surface area (Å²) in [6.07, 6.45) is 1.34. The van der Waals surface area contributed by atoms with Crippen LogP contribution in [0.15, 0.2) is 76.2 Å². The van der Waals surface area contributed by atoms with Crippen LogP contribution >= 0.6 is 15.9 Å². The summed E-state index contributed by atoms with van der Waals surface area (Å²) in [5.41, 5.74) is 5.04. The highest BCUT2D eigenvalue weighted by molar-refractivity contribution is 9.10. The Balaban J connectivity index is 1.73. The molecule has 0 fully saturated rings. The molecule has 8 nitrogen and oxygen atoms in total. The molecule has 0 aliphatic heterocycles. The Bertz CT molecular complexity index is 1530. The van der Waals surface area contributed by atoms with Gasteiger partial charge < -0.3 is 25.0 Å². The molecule has 4 aromatic rings. The van der Waals surface area contributed by atoms with E-state index in [1.54, 1.807) is 11.8 Å². The molecule has 0 aliphatic rings. The number of hydrogen-bond acceptors (Lipinski definition) is 5. The summed E-state index contributed by atoms with van der Waals surface area (Å²) in [7, 11) is 4.02. The number of carboxylic acid groups (broad SMARTS) is 1. The van der Waals surface area contributed by atoms with Crippen LogP contribution in [0.3, 0.4) is 0 Å². The summed E-state index contributed by atoms with van der Waals surface area (Å²) in [6, 6.07) is 20.8. The predicted molar refractivity (Wildman–Crippen MR) is 163 cm³/mol. The number of fused-ring (bicyclic) bond motifs is 1. The van der Waals surface area contributed by atoms with Gasteiger partial charge in [0.25, 0.3) is 0 Å². The van der Waals surface area contributed by atoms with Gasteiger partial charge in [0.15, 0.2) is 5.88 Å². The van der Waals surface area contributed by atoms with Crippen molar-refractivity contribution in [3.8, 4) is 5.88 Å². The van der Waals surface area contributed by atoms with Crippen molar-refractivity contribution < 1.29 is 19.8 Å². The van der Waals surface area contributed by atoms with Gasteiger partial charge in [-0.3, -0.25) is 9.59 Å². The number of anilines is 1. The van der Waals surface area contributed by atoms with Crippen molar-refractivity contribution >= 4 is 55.8 Å². The first kappa shape index (κ1) is 29.0. The van der Waals surface area contributed by atoms with E-state index in [0.717, 1.165) is 45.2 Å². The molecule has 0 spiro atoms. The maximum absolute atomic E-state index is 12.3. The van der Waals surface area contributed by atoms with Crippen LogP contribution in [0.4, 0.5) is 11.4 Å². The summed E-state index contributed by atoms with van der Waals surface area (Å²) in [5.74, 6) is -0.860. The van der Waals surface area contributed by atoms with E-state index in [1.165, 1.54) is 0 Å². The summed E-state index contributed by atoms with van der Waals surface area (Å²) in [5, 5.41) is 20.8. The monoisotopic (exact) mass is 604 g/mol. The van der Waals surface area contributed by atoms with Crippen LogP contribution in [0.2, 0.25) is 0 Å². The highest BCUT2D eigenvalue weighted by Crippen LogP contribution is 2.33. The van der Waals surface area contributed by atoms with Crippen LogP contribution in [0.1, 0.15) is 36.5 Å². The van der Waals surface area contributed by atoms with Crippen LogP contribution in [0, 0.1) is 0 Å². The lowest BCUT2D eigenvalue weighted by Crippen LogP contribution is -2.31. The normalized spacial score (nSPS) is 11.8. The number of carbonyl (C=O) groups excluding carboxylic acids is 1. The van der Waals surface area contributed by atoms with Gasteiger partial charge in [0.2, 0.25) is 5.91 Å². The fourth-order valence-electron chi connectivity index (χ4n) is 4.59. The van der Waals surface area contributed by atoms with Crippen LogP contribution in [0.5, 0.6) is 5.88 Å². The number of aromatic hydroxyl groups is 1. The van der Waals surface area contributed by atoms with Gasteiger partial charge in [-0.05, 0) is 75.4 Å². The van der Waals surface area contributed by atoms with Crippen LogP contribution < -0.4 is 4.90 Å². The number of aryl methyl sites for hydroxylation is 1. The minimum atomic E-state index is -0.842. The molecular weight excluding hydrogens is 572 g/mol. The molecule has 9 heteroatoms. The van der Waals surface area contributed by atoms with E-state index in [4.69, 9.17) is 10.1 Å². The average molecular weight is 606 g/mol. The lowest BCUT2D eigenvalue weighted by molar-refractivity contribution is -0.137. The first-order chi connectivity index (χ1) is 19.1. The van der Waals surface area contributed by atoms with Gasteiger partial charge in [-0.1, -0.05) is 46.3 Å². The zero-order valence-corrected chi connectivity index (χ0v) is 24.4. The number of nitrogens with one attached hydrogen (secondary N) is 1. The van der Waals surface area contributed by atoms with Crippen molar-refractivity contribution in [2.24, 2.45) is 4.99 Å². The van der Waals surface area contributed by atoms with E-state index in [1.807, 2.05) is 80.8 Å². The van der Waals surface area contributed by atoms with Crippen molar-refractivity contribution in [2.75, 3.05) is 32.1 Å². The molecule has 1 heterocycles. The number of halogens is 1. The van der Waals surface area contributed by atoms with Crippen molar-refractivity contribution in [3.05, 3.63) is 87.9 Å². The molecule has 0 saturated carbocycles. The van der Waals surface area contributed by atoms with Crippen molar-refractivity contribution in [3.63, 3.8) is 0 Å². The van der Waals surface area contributed by atoms with E-state index < -0.39 is 5.97 Å². The maximum Gasteiger partial charge on any atom is 0.303 e. The van der Waals surface area contributed by atoms with Crippen LogP contribution in [-0.2, 0) is 16.0 Å². The number of rotatable bonds is 11. The Kier molecular flexibility index (Phi) is 9.39. The second-order valence-electron chi connectivity index (χ2n) is 9.93. The van der Waals surface area contributed by atoms with Gasteiger partial charge in [0.05, 0.1) is 22.5 Å². The van der Waals surface area contributed by atoms with E-state index in [2.05, 4.69) is 25.8 Å². The first-order valence-electron chi connectivity index (χ1n) is 13.1. The van der Waals surface area contributed by atoms with Crippen molar-refractivity contribution in [1.82, 2.24) is 9.88 Å². The Morgan fingerprint density at radius 2 is 1.68 bits per heavy atom. The molecular formula is C31H33BrN4O4. The molecule has 0 unspecified atom stereocenters. The number of carbonyl (C=O) groups is 2. The molecule has 0 radical (unpaired) electrons. The highest BCUT2D eigenvalue weighted by atomic mass is 79.9. The molecule has 4 rings (SSSR count). The van der Waals surface area contributed by atoms with Gasteiger partial charge in [0.1, 0.15) is 0 Å². The van der Waals surface area contributed by atoms with Gasteiger partial charge in [-0.25, -0.2) is 4.99 Å². The Morgan fingerprint density at radius 3 is 2.30 bits per heavy atom. The number of hydrogen-bond donors (Lipinski definition) is 3. The van der Waals surface area contributed by atoms with Gasteiger partial charge in [-0.15, -0.1) is 0 Å². The van der Waals surface area contributed by atoms with Gasteiger partial charge in [-0.2, -0.15) is 0 Å². The van der Waals surface area contributed by atoms with Crippen molar-refractivity contribution in [1.29, 1.82) is 0 Å². The molecule has 40 heavy (non-hydrogen) atoms. The number of aliphatic imine (C=N–C) groups is 1. The Labute approximate surface area is 242 Å². The molecule has 208 valence electrons. The van der Waals surface area contributed by atoms with E-state index >= 15 is 0 Å². The number of carboxylic acids is 1. The SMILES string of the molecule is CC(=O)N(CCCN(C)C)c1ccc(N=C(c2ccc(CCC(=O)O)cc2)c2c(O)[nH]c3cc(Br)ccc23)cc1. The third kappa shape index (κ3) is 7.16. The minimum Gasteiger partial charge on any atom is -0.494 e. The van der Waals surface area contributed by atoms with Crippen LogP contribution in [-0.4, -0.2) is 64.9 Å². The molecule has 0 saturated heterocycles. The fraction of sp³-hybridized carbons (Fsp3) is 0.258. The Hall–Kier alpha value is -3.95. The molecule has 0 bridgehead atoms. The molecule has 3 aromatic carbocycles. The van der Waals surface area contributed by atoms with E-state index in [-0.39, 0.29) is 18.2 Å². The number of aliphatic carboxylic acids is 1. The number of H-pyrrole nitrogens is 1. The Morgan fingerprint density at radius 1 is 0.975 bits per heavy atom. The summed E-state index contributed by atoms with van der Waals surface area (Å²) >= 11 is 3.48. The van der Waals surface area contributed by atoms with Gasteiger partial charge >= 0.3 is 5.97 Å². The quantitative estimate of drug-likeness (QED) is 0.178. The molecule has 0 atom stereocenters. The van der Waals surface area contributed by atoms with Crippen molar-refractivity contribution in [2.45, 2.75) is 26.2 Å². The third-order valence-corrected chi connectivity index (χ3v) is 7.10. The molecule has 1 amide bonds. The maximum atomic E-state index is 12.3. The minimum absolute atomic E-state index is 0.00192. The fourth-order valence-corrected chi connectivity index (χ4v) is 4.95. The standard InChI is InChI=1S/C31H33BrN4O4/c1-20(37)36(18-4-17-35(2)3)25-13-11-24(12-14-25)33-30(22-8-5-21(6-9-22)7-16-28(38)39)29-26-15-10-23(32)19-27(26)34-31(29)40/h5-6,8-15,19,34,40H,4,7,16-18H2,1-3H3,(H,38,39). The summed E-state index contributed by atoms with van der Waals surface area (Å²) < 4.78 is 0.880. The zero-order chi connectivity index (χ0) is 28.8. The summed E-state index contributed by atoms with van der Waals surface area (Å²) in [4.78, 5) is 35.2. The molecule has 0 aliphatic carbocycles. The number of aromatic amines is 1. The number of nitrogens with zero attached hydrogens (tertiary/aromatic N) is 3.